The average Bonchev–Trinajstić information content (AvgIpc) is 2.46. The van der Waals surface area contributed by atoms with E-state index in [2.05, 4.69) is 11.2 Å². The summed E-state index contributed by atoms with van der Waals surface area (Å²) in [6.07, 6.45) is 8.40. The van der Waals surface area contributed by atoms with E-state index in [1.54, 1.807) is 4.90 Å². The van der Waals surface area contributed by atoms with E-state index in [0.29, 0.717) is 26.1 Å². The van der Waals surface area contributed by atoms with Crippen molar-refractivity contribution in [3.8, 4) is 12.3 Å². The number of ether oxygens (including phenoxy) is 1. The molecule has 1 saturated heterocycles. The number of amides is 2. The van der Waals surface area contributed by atoms with Gasteiger partial charge in [0.15, 0.2) is 0 Å². The first-order chi connectivity index (χ1) is 9.60. The Morgan fingerprint density at radius 1 is 1.45 bits per heavy atom. The summed E-state index contributed by atoms with van der Waals surface area (Å²) in [6.45, 7) is 3.82. The van der Waals surface area contributed by atoms with Crippen LogP contribution >= 0.6 is 0 Å². The van der Waals surface area contributed by atoms with Gasteiger partial charge in [0.1, 0.15) is 0 Å². The van der Waals surface area contributed by atoms with Crippen molar-refractivity contribution in [2.24, 2.45) is 11.8 Å². The molecule has 112 valence electrons. The summed E-state index contributed by atoms with van der Waals surface area (Å²) >= 11 is 0. The standard InChI is InChI=1S/C15H24N2O3/c1-4-5-6-7-9-16-15(19)17-10-8-13(12(2)11-17)14(18)20-3/h1,12-13H,5-11H2,2-3H3,(H,16,19). The molecule has 2 atom stereocenters. The van der Waals surface area contributed by atoms with E-state index in [-0.39, 0.29) is 23.8 Å². The smallest absolute Gasteiger partial charge is 0.317 e. The Morgan fingerprint density at radius 3 is 2.80 bits per heavy atom. The van der Waals surface area contributed by atoms with Crippen molar-refractivity contribution in [3.63, 3.8) is 0 Å². The average molecular weight is 280 g/mol. The second-order valence-electron chi connectivity index (χ2n) is 5.23. The van der Waals surface area contributed by atoms with Crippen molar-refractivity contribution in [1.82, 2.24) is 10.2 Å². The Hall–Kier alpha value is -1.70. The topological polar surface area (TPSA) is 58.6 Å². The van der Waals surface area contributed by atoms with Gasteiger partial charge in [0.05, 0.1) is 13.0 Å². The van der Waals surface area contributed by atoms with E-state index in [0.717, 1.165) is 19.3 Å². The number of unbranched alkanes of at least 4 members (excludes halogenated alkanes) is 2. The van der Waals surface area contributed by atoms with Gasteiger partial charge in [-0.15, -0.1) is 12.3 Å². The number of esters is 1. The molecule has 0 aromatic rings. The van der Waals surface area contributed by atoms with E-state index < -0.39 is 0 Å². The molecule has 1 rings (SSSR count). The lowest BCUT2D eigenvalue weighted by Gasteiger charge is -2.35. The van der Waals surface area contributed by atoms with Crippen molar-refractivity contribution in [1.29, 1.82) is 0 Å². The van der Waals surface area contributed by atoms with Gasteiger partial charge in [0.25, 0.3) is 0 Å². The van der Waals surface area contributed by atoms with Crippen molar-refractivity contribution in [3.05, 3.63) is 0 Å². The summed E-state index contributed by atoms with van der Waals surface area (Å²) in [5.74, 6) is 2.44. The first-order valence-corrected chi connectivity index (χ1v) is 7.14. The molecule has 0 bridgehead atoms. The number of nitrogens with zero attached hydrogens (tertiary/aromatic N) is 1. The molecule has 1 N–H and O–H groups in total. The Balaban J connectivity index is 2.30. The lowest BCUT2D eigenvalue weighted by molar-refractivity contribution is -0.148. The molecular weight excluding hydrogens is 256 g/mol. The predicted molar refractivity (Wildman–Crippen MR) is 76.9 cm³/mol. The number of hydrogen-bond donors (Lipinski definition) is 1. The Kier molecular flexibility index (Phi) is 6.92. The molecule has 5 heteroatoms. The van der Waals surface area contributed by atoms with Gasteiger partial charge >= 0.3 is 12.0 Å². The maximum atomic E-state index is 12.0. The molecule has 0 radical (unpaired) electrons. The van der Waals surface area contributed by atoms with E-state index in [4.69, 9.17) is 11.2 Å². The summed E-state index contributed by atoms with van der Waals surface area (Å²) in [6, 6.07) is -0.0547. The van der Waals surface area contributed by atoms with Gasteiger partial charge in [-0.2, -0.15) is 0 Å². The highest BCUT2D eigenvalue weighted by molar-refractivity contribution is 5.76. The quantitative estimate of drug-likeness (QED) is 0.473. The van der Waals surface area contributed by atoms with Gasteiger partial charge in [-0.1, -0.05) is 6.92 Å². The van der Waals surface area contributed by atoms with E-state index >= 15 is 0 Å². The molecule has 20 heavy (non-hydrogen) atoms. The van der Waals surface area contributed by atoms with Crippen LogP contribution in [0.25, 0.3) is 0 Å². The summed E-state index contributed by atoms with van der Waals surface area (Å²) in [4.78, 5) is 25.3. The maximum absolute atomic E-state index is 12.0. The summed E-state index contributed by atoms with van der Waals surface area (Å²) in [7, 11) is 1.41. The first-order valence-electron chi connectivity index (χ1n) is 7.14. The van der Waals surface area contributed by atoms with Crippen LogP contribution in [0, 0.1) is 24.2 Å². The van der Waals surface area contributed by atoms with Crippen LogP contribution < -0.4 is 5.32 Å². The van der Waals surface area contributed by atoms with Crippen LogP contribution in [0.1, 0.15) is 32.6 Å². The predicted octanol–water partition coefficient (Wildman–Crippen LogP) is 1.63. The number of likely N-dealkylation sites (tertiary alicyclic amines) is 1. The van der Waals surface area contributed by atoms with Crippen molar-refractivity contribution >= 4 is 12.0 Å². The molecule has 0 spiro atoms. The largest absolute Gasteiger partial charge is 0.469 e. The fourth-order valence-electron chi connectivity index (χ4n) is 2.49. The molecule has 1 heterocycles. The third kappa shape index (κ3) is 4.76. The lowest BCUT2D eigenvalue weighted by atomic mass is 9.87. The molecule has 0 saturated carbocycles. The minimum atomic E-state index is -0.174. The lowest BCUT2D eigenvalue weighted by Crippen LogP contribution is -2.49. The highest BCUT2D eigenvalue weighted by Gasteiger charge is 2.33. The van der Waals surface area contributed by atoms with Gasteiger partial charge < -0.3 is 15.0 Å². The third-order valence-corrected chi connectivity index (χ3v) is 3.72. The molecule has 1 fully saturated rings. The number of terminal acetylenes is 1. The normalized spacial score (nSPS) is 21.9. The summed E-state index contributed by atoms with van der Waals surface area (Å²) < 4.78 is 4.78. The second kappa shape index (κ2) is 8.47. The van der Waals surface area contributed by atoms with Gasteiger partial charge in [-0.25, -0.2) is 4.79 Å². The van der Waals surface area contributed by atoms with Crippen LogP contribution in [-0.2, 0) is 9.53 Å². The van der Waals surface area contributed by atoms with Gasteiger partial charge in [0, 0.05) is 26.1 Å². The van der Waals surface area contributed by atoms with E-state index in [1.807, 2.05) is 6.92 Å². The molecule has 0 aromatic carbocycles. The molecule has 1 aliphatic rings. The molecule has 2 unspecified atom stereocenters. The van der Waals surface area contributed by atoms with Crippen LogP contribution in [0.15, 0.2) is 0 Å². The minimum absolute atomic E-state index is 0.0547. The maximum Gasteiger partial charge on any atom is 0.317 e. The number of nitrogens with one attached hydrogen (secondary N) is 1. The Morgan fingerprint density at radius 2 is 2.20 bits per heavy atom. The summed E-state index contributed by atoms with van der Waals surface area (Å²) in [5, 5.41) is 2.89. The molecule has 5 nitrogen and oxygen atoms in total. The van der Waals surface area contributed by atoms with E-state index in [1.165, 1.54) is 7.11 Å². The fourth-order valence-corrected chi connectivity index (χ4v) is 2.49. The Bertz CT molecular complexity index is 376. The number of urea groups is 1. The van der Waals surface area contributed by atoms with Crippen molar-refractivity contribution in [2.75, 3.05) is 26.7 Å². The van der Waals surface area contributed by atoms with Gasteiger partial charge in [-0.05, 0) is 25.2 Å². The third-order valence-electron chi connectivity index (χ3n) is 3.72. The number of methoxy groups -OCH3 is 1. The minimum Gasteiger partial charge on any atom is -0.469 e. The van der Waals surface area contributed by atoms with Gasteiger partial charge in [-0.3, -0.25) is 4.79 Å². The molecular formula is C15H24N2O3. The van der Waals surface area contributed by atoms with Crippen molar-refractivity contribution in [2.45, 2.75) is 32.6 Å². The Labute approximate surface area is 121 Å². The van der Waals surface area contributed by atoms with Crippen LogP contribution in [0.2, 0.25) is 0 Å². The number of carbonyl (C=O) groups excluding carboxylic acids is 2. The zero-order valence-corrected chi connectivity index (χ0v) is 12.4. The number of hydrogen-bond acceptors (Lipinski definition) is 3. The van der Waals surface area contributed by atoms with Crippen LogP contribution in [-0.4, -0.2) is 43.6 Å². The van der Waals surface area contributed by atoms with E-state index in [9.17, 15) is 9.59 Å². The SMILES string of the molecule is C#CCCCCNC(=O)N1CCC(C(=O)OC)C(C)C1. The van der Waals surface area contributed by atoms with Crippen LogP contribution in [0.5, 0.6) is 0 Å². The van der Waals surface area contributed by atoms with Gasteiger partial charge in [0.2, 0.25) is 0 Å². The zero-order valence-electron chi connectivity index (χ0n) is 12.4. The fraction of sp³-hybridized carbons (Fsp3) is 0.733. The first kappa shape index (κ1) is 16.4. The molecule has 0 aliphatic carbocycles. The van der Waals surface area contributed by atoms with Crippen LogP contribution in [0.4, 0.5) is 4.79 Å². The monoisotopic (exact) mass is 280 g/mol. The number of rotatable bonds is 5. The van der Waals surface area contributed by atoms with Crippen molar-refractivity contribution < 1.29 is 14.3 Å². The molecule has 0 aromatic heterocycles. The second-order valence-corrected chi connectivity index (χ2v) is 5.23. The molecule has 1 aliphatic heterocycles. The van der Waals surface area contributed by atoms with Crippen LogP contribution in [0.3, 0.4) is 0 Å². The highest BCUT2D eigenvalue weighted by Crippen LogP contribution is 2.24. The number of carbonyl (C=O) groups is 2. The number of piperidine rings is 1. The zero-order chi connectivity index (χ0) is 15.0. The highest BCUT2D eigenvalue weighted by atomic mass is 16.5. The molecule has 2 amide bonds. The summed E-state index contributed by atoms with van der Waals surface area (Å²) in [5.41, 5.74) is 0.